The number of hydrogen-bond donors (Lipinski definition) is 2. The molecule has 0 unspecified atom stereocenters. The zero-order chi connectivity index (χ0) is 20.4. The molecular formula is C20H20F2N4O2S. The van der Waals surface area contributed by atoms with Crippen LogP contribution in [0.3, 0.4) is 0 Å². The number of carbonyl (C=O) groups excluding carboxylic acids is 1. The van der Waals surface area contributed by atoms with Crippen molar-refractivity contribution in [3.05, 3.63) is 52.2 Å². The number of hydrogen-bond acceptors (Lipinski definition) is 6. The number of anilines is 1. The maximum absolute atomic E-state index is 13.8. The van der Waals surface area contributed by atoms with Crippen LogP contribution in [0.15, 0.2) is 24.5 Å². The van der Waals surface area contributed by atoms with Gasteiger partial charge in [0.2, 0.25) is 0 Å². The van der Waals surface area contributed by atoms with E-state index in [1.165, 1.54) is 29.8 Å². The number of nitrogens with one attached hydrogen (secondary N) is 2. The number of fused-ring (bicyclic) bond motifs is 1. The van der Waals surface area contributed by atoms with Gasteiger partial charge in [0.1, 0.15) is 17.0 Å². The van der Waals surface area contributed by atoms with E-state index in [2.05, 4.69) is 20.6 Å². The maximum atomic E-state index is 13.8. The molecule has 4 rings (SSSR count). The lowest BCUT2D eigenvalue weighted by molar-refractivity contribution is 0.0954. The molecular weight excluding hydrogens is 398 g/mol. The Morgan fingerprint density at radius 2 is 2.21 bits per heavy atom. The van der Waals surface area contributed by atoms with Crippen molar-refractivity contribution < 1.29 is 18.3 Å². The highest BCUT2D eigenvalue weighted by atomic mass is 32.1. The summed E-state index contributed by atoms with van der Waals surface area (Å²) >= 11 is 1.24. The standard InChI is InChI=1S/C20H20F2N4O2S/c1-11-15-18(23-9-13-5-3-7-28-13)25-10-26-20(15)29-17(11)19(27)24-8-12-4-2-6-14(21)16(12)22/h2,4,6,10,13H,3,5,7-9H2,1H3,(H,24,27)(H,23,25,26)/t13-/m1/s1. The summed E-state index contributed by atoms with van der Waals surface area (Å²) in [5.41, 5.74) is 0.841. The van der Waals surface area contributed by atoms with Crippen LogP contribution in [0.2, 0.25) is 0 Å². The van der Waals surface area contributed by atoms with Crippen molar-refractivity contribution in [3.8, 4) is 0 Å². The second-order valence-electron chi connectivity index (χ2n) is 6.87. The van der Waals surface area contributed by atoms with Gasteiger partial charge in [-0.1, -0.05) is 12.1 Å². The maximum Gasteiger partial charge on any atom is 0.261 e. The van der Waals surface area contributed by atoms with E-state index < -0.39 is 11.6 Å². The first-order chi connectivity index (χ1) is 14.0. The SMILES string of the molecule is Cc1c(C(=O)NCc2cccc(F)c2F)sc2ncnc(NC[C@H]3CCCO3)c12. The number of halogens is 2. The van der Waals surface area contributed by atoms with Gasteiger partial charge < -0.3 is 15.4 Å². The summed E-state index contributed by atoms with van der Waals surface area (Å²) in [6.07, 6.45) is 3.68. The molecule has 0 radical (unpaired) electrons. The summed E-state index contributed by atoms with van der Waals surface area (Å²) in [7, 11) is 0. The number of benzene rings is 1. The summed E-state index contributed by atoms with van der Waals surface area (Å²) in [5.74, 6) is -1.59. The molecule has 0 spiro atoms. The molecule has 2 N–H and O–H groups in total. The summed E-state index contributed by atoms with van der Waals surface area (Å²) in [5, 5.41) is 6.75. The minimum atomic E-state index is -0.952. The first kappa shape index (κ1) is 19.7. The number of carbonyl (C=O) groups is 1. The predicted octanol–water partition coefficient (Wildman–Crippen LogP) is 3.80. The van der Waals surface area contributed by atoms with E-state index in [1.807, 2.05) is 6.92 Å². The Bertz CT molecular complexity index is 1050. The molecule has 1 amide bonds. The molecule has 1 fully saturated rings. The van der Waals surface area contributed by atoms with Gasteiger partial charge >= 0.3 is 0 Å². The highest BCUT2D eigenvalue weighted by molar-refractivity contribution is 7.20. The first-order valence-corrected chi connectivity index (χ1v) is 10.2. The van der Waals surface area contributed by atoms with Crippen LogP contribution in [-0.2, 0) is 11.3 Å². The predicted molar refractivity (Wildman–Crippen MR) is 107 cm³/mol. The summed E-state index contributed by atoms with van der Waals surface area (Å²) in [6, 6.07) is 3.89. The van der Waals surface area contributed by atoms with Crippen LogP contribution in [0, 0.1) is 18.6 Å². The third-order valence-corrected chi connectivity index (χ3v) is 6.12. The number of aromatic nitrogens is 2. The van der Waals surface area contributed by atoms with Crippen molar-refractivity contribution in [2.24, 2.45) is 0 Å². The molecule has 152 valence electrons. The fourth-order valence-electron chi connectivity index (χ4n) is 3.38. The Morgan fingerprint density at radius 3 is 3.00 bits per heavy atom. The lowest BCUT2D eigenvalue weighted by Crippen LogP contribution is -2.23. The molecule has 1 saturated heterocycles. The number of rotatable bonds is 6. The number of amides is 1. The smallest absolute Gasteiger partial charge is 0.261 e. The van der Waals surface area contributed by atoms with E-state index in [0.29, 0.717) is 22.1 Å². The fourth-order valence-corrected chi connectivity index (χ4v) is 4.44. The molecule has 0 aliphatic carbocycles. The van der Waals surface area contributed by atoms with Gasteiger partial charge in [-0.05, 0) is 31.4 Å². The molecule has 0 bridgehead atoms. The van der Waals surface area contributed by atoms with Crippen molar-refractivity contribution in [2.45, 2.75) is 32.4 Å². The summed E-state index contributed by atoms with van der Waals surface area (Å²) < 4.78 is 32.8. The molecule has 3 heterocycles. The average molecular weight is 418 g/mol. The molecule has 9 heteroatoms. The molecule has 1 atom stereocenters. The van der Waals surface area contributed by atoms with Crippen molar-refractivity contribution in [1.82, 2.24) is 15.3 Å². The number of thiophene rings is 1. The fraction of sp³-hybridized carbons (Fsp3) is 0.350. The number of ether oxygens (including phenoxy) is 1. The van der Waals surface area contributed by atoms with Gasteiger partial charge in [-0.2, -0.15) is 0 Å². The monoisotopic (exact) mass is 418 g/mol. The average Bonchev–Trinajstić information content (AvgIpc) is 3.35. The van der Waals surface area contributed by atoms with E-state index in [-0.39, 0.29) is 24.1 Å². The molecule has 1 aliphatic rings. The van der Waals surface area contributed by atoms with Crippen molar-refractivity contribution >= 4 is 33.3 Å². The Balaban J connectivity index is 1.52. The summed E-state index contributed by atoms with van der Waals surface area (Å²) in [4.78, 5) is 22.4. The van der Waals surface area contributed by atoms with Crippen LogP contribution < -0.4 is 10.6 Å². The molecule has 1 aliphatic heterocycles. The lowest BCUT2D eigenvalue weighted by atomic mass is 10.1. The molecule has 3 aromatic rings. The largest absolute Gasteiger partial charge is 0.376 e. The quantitative estimate of drug-likeness (QED) is 0.637. The van der Waals surface area contributed by atoms with E-state index in [1.54, 1.807) is 0 Å². The van der Waals surface area contributed by atoms with Gasteiger partial charge in [0.15, 0.2) is 11.6 Å². The van der Waals surface area contributed by atoms with Crippen LogP contribution in [0.4, 0.5) is 14.6 Å². The van der Waals surface area contributed by atoms with E-state index in [9.17, 15) is 13.6 Å². The minimum Gasteiger partial charge on any atom is -0.376 e. The zero-order valence-electron chi connectivity index (χ0n) is 15.8. The van der Waals surface area contributed by atoms with E-state index >= 15 is 0 Å². The Labute approximate surface area is 170 Å². The minimum absolute atomic E-state index is 0.0934. The Kier molecular flexibility index (Phi) is 5.68. The van der Waals surface area contributed by atoms with Gasteiger partial charge in [0.25, 0.3) is 5.91 Å². The normalized spacial score (nSPS) is 16.3. The number of nitrogens with zero attached hydrogens (tertiary/aromatic N) is 2. The highest BCUT2D eigenvalue weighted by Gasteiger charge is 2.21. The van der Waals surface area contributed by atoms with Gasteiger partial charge in [-0.3, -0.25) is 4.79 Å². The summed E-state index contributed by atoms with van der Waals surface area (Å²) in [6.45, 7) is 3.14. The van der Waals surface area contributed by atoms with Crippen molar-refractivity contribution in [1.29, 1.82) is 0 Å². The van der Waals surface area contributed by atoms with Gasteiger partial charge in [-0.25, -0.2) is 18.7 Å². The van der Waals surface area contributed by atoms with Gasteiger partial charge in [0.05, 0.1) is 16.4 Å². The molecule has 2 aromatic heterocycles. The first-order valence-electron chi connectivity index (χ1n) is 9.35. The Morgan fingerprint density at radius 1 is 1.34 bits per heavy atom. The molecule has 1 aromatic carbocycles. The lowest BCUT2D eigenvalue weighted by Gasteiger charge is -2.12. The Hall–Kier alpha value is -2.65. The second-order valence-corrected chi connectivity index (χ2v) is 7.87. The van der Waals surface area contributed by atoms with Crippen LogP contribution in [-0.4, -0.2) is 35.1 Å². The highest BCUT2D eigenvalue weighted by Crippen LogP contribution is 2.33. The molecule has 29 heavy (non-hydrogen) atoms. The molecule has 0 saturated carbocycles. The van der Waals surface area contributed by atoms with Crippen LogP contribution in [0.25, 0.3) is 10.2 Å². The third-order valence-electron chi connectivity index (χ3n) is 4.93. The van der Waals surface area contributed by atoms with Crippen LogP contribution in [0.1, 0.15) is 33.6 Å². The van der Waals surface area contributed by atoms with Crippen LogP contribution in [0.5, 0.6) is 0 Å². The number of aryl methyl sites for hydroxylation is 1. The molecule has 6 nitrogen and oxygen atoms in total. The third kappa shape index (κ3) is 4.06. The van der Waals surface area contributed by atoms with Crippen molar-refractivity contribution in [3.63, 3.8) is 0 Å². The zero-order valence-corrected chi connectivity index (χ0v) is 16.6. The topological polar surface area (TPSA) is 76.1 Å². The van der Waals surface area contributed by atoms with Crippen molar-refractivity contribution in [2.75, 3.05) is 18.5 Å². The van der Waals surface area contributed by atoms with Gasteiger partial charge in [-0.15, -0.1) is 11.3 Å². The van der Waals surface area contributed by atoms with Crippen LogP contribution >= 0.6 is 11.3 Å². The van der Waals surface area contributed by atoms with Gasteiger partial charge in [0, 0.05) is 25.3 Å². The van der Waals surface area contributed by atoms with E-state index in [4.69, 9.17) is 4.74 Å². The second kappa shape index (κ2) is 8.38. The van der Waals surface area contributed by atoms with E-state index in [0.717, 1.165) is 36.5 Å².